The number of aryl methyl sites for hydroxylation is 1. The SMILES string of the molecule is CCCCCc1cnc(-c2ccc(C=Cc3ccc(OC(F)F)cc3)cc2)nc1. The number of hydrogen-bond donors (Lipinski definition) is 0. The zero-order chi connectivity index (χ0) is 20.5. The van der Waals surface area contributed by atoms with E-state index in [1.165, 1.54) is 37.0 Å². The van der Waals surface area contributed by atoms with Gasteiger partial charge in [0.25, 0.3) is 0 Å². The fourth-order valence-corrected chi connectivity index (χ4v) is 2.91. The van der Waals surface area contributed by atoms with Crippen LogP contribution in [0.2, 0.25) is 0 Å². The fourth-order valence-electron chi connectivity index (χ4n) is 2.91. The first-order chi connectivity index (χ1) is 14.1. The van der Waals surface area contributed by atoms with Crippen LogP contribution in [-0.2, 0) is 6.42 Å². The molecule has 3 nitrogen and oxygen atoms in total. The minimum Gasteiger partial charge on any atom is -0.435 e. The van der Waals surface area contributed by atoms with Gasteiger partial charge < -0.3 is 4.74 Å². The second-order valence-corrected chi connectivity index (χ2v) is 6.77. The van der Waals surface area contributed by atoms with Crippen LogP contribution in [0.5, 0.6) is 5.75 Å². The van der Waals surface area contributed by atoms with Crippen molar-refractivity contribution in [1.82, 2.24) is 9.97 Å². The molecule has 0 saturated heterocycles. The van der Waals surface area contributed by atoms with Gasteiger partial charge in [0.05, 0.1) is 0 Å². The van der Waals surface area contributed by atoms with Crippen molar-refractivity contribution in [2.75, 3.05) is 0 Å². The van der Waals surface area contributed by atoms with Crippen molar-refractivity contribution in [1.29, 1.82) is 0 Å². The van der Waals surface area contributed by atoms with E-state index in [4.69, 9.17) is 0 Å². The Morgan fingerprint density at radius 2 is 1.45 bits per heavy atom. The lowest BCUT2D eigenvalue weighted by molar-refractivity contribution is -0.0498. The summed E-state index contributed by atoms with van der Waals surface area (Å²) in [5.41, 5.74) is 4.07. The molecule has 0 atom stereocenters. The number of nitrogens with zero attached hydrogens (tertiary/aromatic N) is 2. The lowest BCUT2D eigenvalue weighted by Crippen LogP contribution is -2.01. The quantitative estimate of drug-likeness (QED) is 0.301. The molecule has 1 heterocycles. The number of benzene rings is 2. The lowest BCUT2D eigenvalue weighted by Gasteiger charge is -2.04. The van der Waals surface area contributed by atoms with Crippen LogP contribution in [0, 0.1) is 0 Å². The smallest absolute Gasteiger partial charge is 0.387 e. The van der Waals surface area contributed by atoms with E-state index < -0.39 is 6.61 Å². The Kier molecular flexibility index (Phi) is 7.45. The van der Waals surface area contributed by atoms with Gasteiger partial charge in [-0.3, -0.25) is 0 Å². The van der Waals surface area contributed by atoms with E-state index in [0.717, 1.165) is 28.9 Å². The number of hydrogen-bond acceptors (Lipinski definition) is 3. The topological polar surface area (TPSA) is 35.0 Å². The summed E-state index contributed by atoms with van der Waals surface area (Å²) in [7, 11) is 0. The molecule has 0 radical (unpaired) electrons. The molecule has 150 valence electrons. The molecule has 0 N–H and O–H groups in total. The average Bonchev–Trinajstić information content (AvgIpc) is 2.74. The minimum atomic E-state index is -2.81. The van der Waals surface area contributed by atoms with E-state index in [2.05, 4.69) is 21.6 Å². The van der Waals surface area contributed by atoms with Gasteiger partial charge in [-0.05, 0) is 41.7 Å². The summed E-state index contributed by atoms with van der Waals surface area (Å²) < 4.78 is 28.7. The third kappa shape index (κ3) is 6.49. The third-order valence-electron chi connectivity index (χ3n) is 4.52. The van der Waals surface area contributed by atoms with Gasteiger partial charge in [-0.15, -0.1) is 0 Å². The van der Waals surface area contributed by atoms with Crippen molar-refractivity contribution in [2.24, 2.45) is 0 Å². The van der Waals surface area contributed by atoms with Crippen molar-refractivity contribution in [3.8, 4) is 17.1 Å². The Morgan fingerprint density at radius 1 is 0.862 bits per heavy atom. The molecule has 5 heteroatoms. The molecule has 29 heavy (non-hydrogen) atoms. The molecule has 0 amide bonds. The number of rotatable bonds is 9. The van der Waals surface area contributed by atoms with Gasteiger partial charge >= 0.3 is 6.61 Å². The Bertz CT molecular complexity index is 905. The molecule has 0 aliphatic carbocycles. The highest BCUT2D eigenvalue weighted by atomic mass is 19.3. The molecule has 2 aromatic carbocycles. The fraction of sp³-hybridized carbons (Fsp3) is 0.250. The standard InChI is InChI=1S/C24H24F2N2O/c1-2-3-4-5-20-16-27-23(28-17-20)21-12-8-18(9-13-21)6-7-19-10-14-22(15-11-19)29-24(25)26/h6-17,24H,2-5H2,1H3. The predicted octanol–water partition coefficient (Wildman–Crippen LogP) is 6.65. The summed E-state index contributed by atoms with van der Waals surface area (Å²) >= 11 is 0. The van der Waals surface area contributed by atoms with E-state index in [1.807, 2.05) is 48.8 Å². The van der Waals surface area contributed by atoms with Gasteiger partial charge in [-0.2, -0.15) is 8.78 Å². The highest BCUT2D eigenvalue weighted by Crippen LogP contribution is 2.19. The summed E-state index contributed by atoms with van der Waals surface area (Å²) in [4.78, 5) is 8.97. The van der Waals surface area contributed by atoms with Crippen LogP contribution in [0.15, 0.2) is 60.9 Å². The molecule has 3 aromatic rings. The Labute approximate surface area is 170 Å². The zero-order valence-electron chi connectivity index (χ0n) is 16.4. The molecule has 3 rings (SSSR count). The largest absolute Gasteiger partial charge is 0.435 e. The predicted molar refractivity (Wildman–Crippen MR) is 113 cm³/mol. The van der Waals surface area contributed by atoms with Gasteiger partial charge in [0.2, 0.25) is 0 Å². The molecule has 0 aliphatic heterocycles. The lowest BCUT2D eigenvalue weighted by atomic mass is 10.1. The molecule has 0 aliphatic rings. The molecular weight excluding hydrogens is 370 g/mol. The number of ether oxygens (including phenoxy) is 1. The summed E-state index contributed by atoms with van der Waals surface area (Å²) in [6.45, 7) is -0.615. The highest BCUT2D eigenvalue weighted by Gasteiger charge is 2.03. The summed E-state index contributed by atoms with van der Waals surface area (Å²) in [5, 5.41) is 0. The monoisotopic (exact) mass is 394 g/mol. The van der Waals surface area contributed by atoms with Crippen LogP contribution >= 0.6 is 0 Å². The third-order valence-corrected chi connectivity index (χ3v) is 4.52. The first-order valence-corrected chi connectivity index (χ1v) is 9.78. The summed E-state index contributed by atoms with van der Waals surface area (Å²) in [6, 6.07) is 14.5. The highest BCUT2D eigenvalue weighted by molar-refractivity contribution is 5.71. The summed E-state index contributed by atoms with van der Waals surface area (Å²) in [6.07, 6.45) is 12.3. The maximum absolute atomic E-state index is 12.2. The van der Waals surface area contributed by atoms with Crippen LogP contribution in [0.3, 0.4) is 0 Å². The van der Waals surface area contributed by atoms with Crippen LogP contribution in [-0.4, -0.2) is 16.6 Å². The van der Waals surface area contributed by atoms with Crippen LogP contribution < -0.4 is 4.74 Å². The van der Waals surface area contributed by atoms with Crippen molar-refractivity contribution in [2.45, 2.75) is 39.2 Å². The van der Waals surface area contributed by atoms with Crippen molar-refractivity contribution >= 4 is 12.2 Å². The second kappa shape index (κ2) is 10.5. The van der Waals surface area contributed by atoms with E-state index in [-0.39, 0.29) is 5.75 Å². The van der Waals surface area contributed by atoms with E-state index in [9.17, 15) is 8.78 Å². The normalized spacial score (nSPS) is 11.3. The molecule has 0 unspecified atom stereocenters. The van der Waals surface area contributed by atoms with Gasteiger partial charge in [0.15, 0.2) is 5.82 Å². The number of unbranched alkanes of at least 4 members (excludes halogenated alkanes) is 2. The van der Waals surface area contributed by atoms with Gasteiger partial charge in [0.1, 0.15) is 5.75 Å². The molecule has 0 fully saturated rings. The van der Waals surface area contributed by atoms with Crippen LogP contribution in [0.1, 0.15) is 42.9 Å². The maximum Gasteiger partial charge on any atom is 0.387 e. The number of halogens is 2. The number of alkyl halides is 2. The van der Waals surface area contributed by atoms with Crippen LogP contribution in [0.25, 0.3) is 23.5 Å². The Hall–Kier alpha value is -3.08. The van der Waals surface area contributed by atoms with Gasteiger partial charge in [-0.25, -0.2) is 9.97 Å². The minimum absolute atomic E-state index is 0.151. The first-order valence-electron chi connectivity index (χ1n) is 9.78. The van der Waals surface area contributed by atoms with Gasteiger partial charge in [0, 0.05) is 18.0 Å². The van der Waals surface area contributed by atoms with Gasteiger partial charge in [-0.1, -0.05) is 68.3 Å². The van der Waals surface area contributed by atoms with Crippen molar-refractivity contribution in [3.05, 3.63) is 77.6 Å². The molecule has 0 spiro atoms. The number of aromatic nitrogens is 2. The zero-order valence-corrected chi connectivity index (χ0v) is 16.4. The molecule has 1 aromatic heterocycles. The molecule has 0 saturated carbocycles. The average molecular weight is 394 g/mol. The van der Waals surface area contributed by atoms with E-state index in [0.29, 0.717) is 0 Å². The van der Waals surface area contributed by atoms with Crippen molar-refractivity contribution < 1.29 is 13.5 Å². The maximum atomic E-state index is 12.2. The van der Waals surface area contributed by atoms with Crippen molar-refractivity contribution in [3.63, 3.8) is 0 Å². The Balaban J connectivity index is 1.60. The van der Waals surface area contributed by atoms with E-state index >= 15 is 0 Å². The first kappa shape index (κ1) is 20.6. The summed E-state index contributed by atoms with van der Waals surface area (Å²) in [5.74, 6) is 0.868. The Morgan fingerprint density at radius 3 is 2.00 bits per heavy atom. The molecular formula is C24H24F2N2O. The van der Waals surface area contributed by atoms with E-state index in [1.54, 1.807) is 12.1 Å². The van der Waals surface area contributed by atoms with Crippen LogP contribution in [0.4, 0.5) is 8.78 Å². The second-order valence-electron chi connectivity index (χ2n) is 6.77. The molecule has 0 bridgehead atoms.